The molecular formula is C26H32N2O5S. The van der Waals surface area contributed by atoms with Crippen LogP contribution in [0.1, 0.15) is 65.2 Å². The smallest absolute Gasteiger partial charge is 0.303 e. The fraction of sp³-hybridized carbons (Fsp3) is 0.462. The summed E-state index contributed by atoms with van der Waals surface area (Å²) < 4.78 is 22.6. The molecule has 0 aromatic heterocycles. The third-order valence-electron chi connectivity index (χ3n) is 6.90. The molecule has 1 unspecified atom stereocenters. The monoisotopic (exact) mass is 484 g/mol. The van der Waals surface area contributed by atoms with Crippen molar-refractivity contribution < 1.29 is 23.6 Å². The molecule has 4 rings (SSSR count). The summed E-state index contributed by atoms with van der Waals surface area (Å²) >= 11 is 0. The molecule has 2 aromatic rings. The van der Waals surface area contributed by atoms with Crippen molar-refractivity contribution in [2.24, 2.45) is 15.4 Å². The Hall–Kier alpha value is -2.71. The van der Waals surface area contributed by atoms with E-state index in [-0.39, 0.29) is 17.6 Å². The number of hydrogen-bond acceptors (Lipinski definition) is 4. The Morgan fingerprint density at radius 1 is 1.18 bits per heavy atom. The van der Waals surface area contributed by atoms with Crippen LogP contribution in [0.4, 0.5) is 0 Å². The highest BCUT2D eigenvalue weighted by Gasteiger charge is 2.39. The first-order chi connectivity index (χ1) is 16.1. The number of carboxylic acids is 1. The number of hydrogen-bond donors (Lipinski definition) is 2. The molecule has 1 spiro atoms. The van der Waals surface area contributed by atoms with Crippen LogP contribution in [0, 0.1) is 12.8 Å². The van der Waals surface area contributed by atoms with Crippen LogP contribution < -0.4 is 9.88 Å². The van der Waals surface area contributed by atoms with Crippen LogP contribution in [0.3, 0.4) is 0 Å². The van der Waals surface area contributed by atoms with E-state index < -0.39 is 27.7 Å². The number of carbonyl (C=O) groups excluding carboxylic acids is 1. The van der Waals surface area contributed by atoms with Gasteiger partial charge in [0.25, 0.3) is 5.91 Å². The topological polar surface area (TPSA) is 119 Å². The van der Waals surface area contributed by atoms with E-state index in [0.29, 0.717) is 12.2 Å². The van der Waals surface area contributed by atoms with Gasteiger partial charge in [-0.15, -0.1) is 4.36 Å². The highest BCUT2D eigenvalue weighted by Crippen LogP contribution is 2.44. The summed E-state index contributed by atoms with van der Waals surface area (Å²) in [7, 11) is -3.33. The molecule has 8 heteroatoms. The van der Waals surface area contributed by atoms with Gasteiger partial charge in [-0.2, -0.15) is 0 Å². The van der Waals surface area contributed by atoms with Crippen LogP contribution in [-0.4, -0.2) is 33.6 Å². The van der Waals surface area contributed by atoms with E-state index in [2.05, 4.69) is 29.5 Å². The van der Waals surface area contributed by atoms with Crippen molar-refractivity contribution >= 4 is 21.8 Å². The maximum absolute atomic E-state index is 12.7. The first-order valence-electron chi connectivity index (χ1n) is 11.7. The molecule has 0 saturated carbocycles. The number of rotatable bonds is 5. The second-order valence-electron chi connectivity index (χ2n) is 9.86. The number of benzene rings is 2. The zero-order valence-corrected chi connectivity index (χ0v) is 20.5. The van der Waals surface area contributed by atoms with Gasteiger partial charge in [0.2, 0.25) is 0 Å². The van der Waals surface area contributed by atoms with Gasteiger partial charge in [0.1, 0.15) is 15.7 Å². The first kappa shape index (κ1) is 24.4. The lowest BCUT2D eigenvalue weighted by molar-refractivity contribution is -0.137. The Balaban J connectivity index is 1.54. The van der Waals surface area contributed by atoms with Crippen LogP contribution in [0.15, 0.2) is 40.8 Å². The zero-order valence-electron chi connectivity index (χ0n) is 19.7. The molecule has 182 valence electrons. The molecule has 0 saturated heterocycles. The Morgan fingerprint density at radius 2 is 1.97 bits per heavy atom. The predicted octanol–water partition coefficient (Wildman–Crippen LogP) is 4.19. The van der Waals surface area contributed by atoms with Crippen LogP contribution in [0.25, 0.3) is 0 Å². The Morgan fingerprint density at radius 3 is 2.74 bits per heavy atom. The van der Waals surface area contributed by atoms with Gasteiger partial charge in [-0.05, 0) is 79.8 Å². The summed E-state index contributed by atoms with van der Waals surface area (Å²) in [5.41, 5.74) is 5.25. The van der Waals surface area contributed by atoms with Gasteiger partial charge in [0.05, 0.1) is 6.61 Å². The van der Waals surface area contributed by atoms with Gasteiger partial charge in [-0.1, -0.05) is 30.7 Å². The van der Waals surface area contributed by atoms with Crippen molar-refractivity contribution in [1.29, 1.82) is 0 Å². The molecular weight excluding hydrogens is 452 g/mol. The molecule has 34 heavy (non-hydrogen) atoms. The molecule has 1 aliphatic heterocycles. The van der Waals surface area contributed by atoms with E-state index in [1.807, 2.05) is 0 Å². The molecule has 1 amide bonds. The van der Waals surface area contributed by atoms with Crippen molar-refractivity contribution in [1.82, 2.24) is 0 Å². The van der Waals surface area contributed by atoms with E-state index >= 15 is 0 Å². The zero-order chi connectivity index (χ0) is 24.5. The quantitative estimate of drug-likeness (QED) is 0.660. The van der Waals surface area contributed by atoms with E-state index in [0.717, 1.165) is 43.4 Å². The Labute approximate surface area is 201 Å². The van der Waals surface area contributed by atoms with Crippen LogP contribution in [-0.2, 0) is 33.0 Å². The third kappa shape index (κ3) is 5.33. The number of amides is 1. The van der Waals surface area contributed by atoms with Gasteiger partial charge in [-0.25, -0.2) is 9.35 Å². The predicted molar refractivity (Wildman–Crippen MR) is 131 cm³/mol. The van der Waals surface area contributed by atoms with Crippen LogP contribution in [0.2, 0.25) is 0 Å². The number of ether oxygens (including phenoxy) is 1. The maximum Gasteiger partial charge on any atom is 0.303 e. The molecule has 2 aliphatic rings. The van der Waals surface area contributed by atoms with E-state index in [1.54, 1.807) is 25.1 Å². The van der Waals surface area contributed by atoms with Gasteiger partial charge >= 0.3 is 5.97 Å². The minimum atomic E-state index is -3.33. The van der Waals surface area contributed by atoms with Crippen molar-refractivity contribution in [3.63, 3.8) is 0 Å². The molecule has 0 fully saturated rings. The average Bonchev–Trinajstić information content (AvgIpc) is 2.92. The third-order valence-corrected chi connectivity index (χ3v) is 8.42. The highest BCUT2D eigenvalue weighted by molar-refractivity contribution is 7.91. The summed E-state index contributed by atoms with van der Waals surface area (Å²) in [5, 5.41) is 14.7. The SMILES string of the molecule is Cc1ccc2c(c1)CCC[C@@]21CCc2cc(C(=O)N=S(N)(=O)C[C@@H](C)CC(=O)O)ccc2OC1. The van der Waals surface area contributed by atoms with Crippen LogP contribution in [0.5, 0.6) is 5.75 Å². The second-order valence-corrected chi connectivity index (χ2v) is 11.8. The van der Waals surface area contributed by atoms with Crippen LogP contribution >= 0.6 is 0 Å². The summed E-state index contributed by atoms with van der Waals surface area (Å²) in [5.74, 6) is -1.51. The fourth-order valence-corrected chi connectivity index (χ4v) is 6.71. The summed E-state index contributed by atoms with van der Waals surface area (Å²) in [6, 6.07) is 11.9. The lowest BCUT2D eigenvalue weighted by atomic mass is 9.67. The van der Waals surface area contributed by atoms with Gasteiger partial charge in [0.15, 0.2) is 0 Å². The number of nitrogens with two attached hydrogens (primary N) is 1. The second kappa shape index (κ2) is 9.50. The minimum Gasteiger partial charge on any atom is -0.492 e. The van der Waals surface area contributed by atoms with Crippen molar-refractivity contribution in [3.05, 3.63) is 64.2 Å². The molecule has 3 N–H and O–H groups in total. The molecule has 1 heterocycles. The standard InChI is InChI=1S/C26H32N2O5S/c1-17-5-7-22-19(12-17)4-3-10-26(22)11-9-20-14-21(6-8-23(20)33-16-26)25(31)28-34(27,32)15-18(2)13-24(29)30/h5-8,12,14,18H,3-4,9-11,13,15-16H2,1-2H3,(H,29,30)(H2,27,28,31,32)/t18-,26-,34?/m0/s1. The number of nitrogens with zero attached hydrogens (tertiary/aromatic N) is 1. The fourth-order valence-electron chi connectivity index (χ4n) is 5.31. The van der Waals surface area contributed by atoms with Gasteiger partial charge in [-0.3, -0.25) is 9.59 Å². The Kier molecular flexibility index (Phi) is 6.82. The van der Waals surface area contributed by atoms with E-state index in [9.17, 15) is 13.8 Å². The maximum atomic E-state index is 12.7. The van der Waals surface area contributed by atoms with E-state index in [1.165, 1.54) is 16.7 Å². The van der Waals surface area contributed by atoms with Crippen molar-refractivity contribution in [3.8, 4) is 5.75 Å². The highest BCUT2D eigenvalue weighted by atomic mass is 32.2. The van der Waals surface area contributed by atoms with Gasteiger partial charge < -0.3 is 9.84 Å². The summed E-state index contributed by atoms with van der Waals surface area (Å²) in [6.07, 6.45) is 4.79. The minimum absolute atomic E-state index is 0.0410. The van der Waals surface area contributed by atoms with Crippen molar-refractivity contribution in [2.75, 3.05) is 12.4 Å². The van der Waals surface area contributed by atoms with Gasteiger partial charge in [0, 0.05) is 23.2 Å². The number of aryl methyl sites for hydroxylation is 3. The molecule has 2 aromatic carbocycles. The Bertz CT molecular complexity index is 1250. The molecule has 0 bridgehead atoms. The normalized spacial score (nSPS) is 21.9. The number of aliphatic carboxylic acids is 1. The largest absolute Gasteiger partial charge is 0.492 e. The number of carboxylic acid groups (broad SMARTS) is 1. The van der Waals surface area contributed by atoms with Crippen molar-refractivity contribution in [2.45, 2.75) is 57.8 Å². The molecule has 1 aliphatic carbocycles. The number of carbonyl (C=O) groups is 2. The molecule has 0 radical (unpaired) electrons. The average molecular weight is 485 g/mol. The number of fused-ring (bicyclic) bond motifs is 3. The lowest BCUT2D eigenvalue weighted by Crippen LogP contribution is -2.36. The summed E-state index contributed by atoms with van der Waals surface area (Å²) in [4.78, 5) is 23.6. The summed E-state index contributed by atoms with van der Waals surface area (Å²) in [6.45, 7) is 4.35. The first-order valence-corrected chi connectivity index (χ1v) is 13.5. The molecule has 7 nitrogen and oxygen atoms in total. The lowest BCUT2D eigenvalue weighted by Gasteiger charge is -2.38. The molecule has 3 atom stereocenters. The van der Waals surface area contributed by atoms with E-state index in [4.69, 9.17) is 15.0 Å².